The first-order valence-electron chi connectivity index (χ1n) is 7.00. The number of aliphatic hydroxyl groups excluding tert-OH is 1. The zero-order chi connectivity index (χ0) is 15.3. The van der Waals surface area contributed by atoms with Crippen molar-refractivity contribution in [3.63, 3.8) is 0 Å². The molecule has 0 aliphatic rings. The lowest BCUT2D eigenvalue weighted by Gasteiger charge is -2.24. The molecule has 0 aliphatic carbocycles. The Labute approximate surface area is 121 Å². The summed E-state index contributed by atoms with van der Waals surface area (Å²) >= 11 is 0. The lowest BCUT2D eigenvalue weighted by atomic mass is 10.1. The van der Waals surface area contributed by atoms with Crippen molar-refractivity contribution in [3.8, 4) is 5.75 Å². The van der Waals surface area contributed by atoms with Crippen LogP contribution in [0.15, 0.2) is 24.3 Å². The van der Waals surface area contributed by atoms with E-state index in [1.54, 1.807) is 13.0 Å². The highest BCUT2D eigenvalue weighted by Crippen LogP contribution is 2.27. The summed E-state index contributed by atoms with van der Waals surface area (Å²) in [5, 5.41) is 12.8. The summed E-state index contributed by atoms with van der Waals surface area (Å²) in [7, 11) is 0. The van der Waals surface area contributed by atoms with Crippen LogP contribution in [-0.4, -0.2) is 22.7 Å². The fraction of sp³-hybridized carbons (Fsp3) is 0.562. The van der Waals surface area contributed by atoms with Gasteiger partial charge in [0.15, 0.2) is 6.10 Å². The number of amides is 1. The molecule has 0 aromatic heterocycles. The van der Waals surface area contributed by atoms with Crippen LogP contribution in [0, 0.1) is 0 Å². The summed E-state index contributed by atoms with van der Waals surface area (Å²) in [5.74, 6) is 0.386. The molecule has 1 unspecified atom stereocenters. The van der Waals surface area contributed by atoms with Crippen LogP contribution in [0.5, 0.6) is 5.75 Å². The number of carbonyl (C=O) groups is 1. The summed E-state index contributed by atoms with van der Waals surface area (Å²) in [6.07, 6.45) is -0.591. The SMILES string of the molecule is CC[C@H](O)c1ccccc1OC(C)C(=O)NC(C)(C)C. The highest BCUT2D eigenvalue weighted by molar-refractivity contribution is 5.81. The minimum atomic E-state index is -0.612. The Hall–Kier alpha value is -1.55. The minimum absolute atomic E-state index is 0.168. The van der Waals surface area contributed by atoms with Crippen molar-refractivity contribution in [2.75, 3.05) is 0 Å². The molecule has 0 saturated heterocycles. The Morgan fingerprint density at radius 3 is 2.50 bits per heavy atom. The van der Waals surface area contributed by atoms with Crippen LogP contribution < -0.4 is 10.1 Å². The number of nitrogens with one attached hydrogen (secondary N) is 1. The number of ether oxygens (including phenoxy) is 1. The van der Waals surface area contributed by atoms with Crippen LogP contribution in [0.25, 0.3) is 0 Å². The summed E-state index contributed by atoms with van der Waals surface area (Å²) < 4.78 is 5.70. The van der Waals surface area contributed by atoms with E-state index < -0.39 is 12.2 Å². The predicted octanol–water partition coefficient (Wildman–Crippen LogP) is 2.81. The van der Waals surface area contributed by atoms with Crippen LogP contribution in [0.3, 0.4) is 0 Å². The Morgan fingerprint density at radius 2 is 1.95 bits per heavy atom. The third kappa shape index (κ3) is 4.85. The van der Waals surface area contributed by atoms with Crippen LogP contribution in [0.4, 0.5) is 0 Å². The first-order valence-corrected chi connectivity index (χ1v) is 7.00. The number of hydrogen-bond acceptors (Lipinski definition) is 3. The van der Waals surface area contributed by atoms with Crippen LogP contribution in [0.1, 0.15) is 52.7 Å². The molecule has 4 heteroatoms. The van der Waals surface area contributed by atoms with E-state index >= 15 is 0 Å². The van der Waals surface area contributed by atoms with E-state index in [0.717, 1.165) is 0 Å². The first-order chi connectivity index (χ1) is 9.24. The van der Waals surface area contributed by atoms with Gasteiger partial charge in [-0.3, -0.25) is 4.79 Å². The Kier molecular flexibility index (Phi) is 5.57. The maximum absolute atomic E-state index is 12.0. The van der Waals surface area contributed by atoms with E-state index in [1.807, 2.05) is 45.9 Å². The molecule has 4 nitrogen and oxygen atoms in total. The van der Waals surface area contributed by atoms with Crippen molar-refractivity contribution in [2.45, 2.75) is 58.8 Å². The topological polar surface area (TPSA) is 58.6 Å². The van der Waals surface area contributed by atoms with Crippen molar-refractivity contribution in [1.82, 2.24) is 5.32 Å². The Bertz CT molecular complexity index is 451. The quantitative estimate of drug-likeness (QED) is 0.871. The standard InChI is InChI=1S/C16H25NO3/c1-6-13(18)12-9-7-8-10-14(12)20-11(2)15(19)17-16(3,4)5/h7-11,13,18H,6H2,1-5H3,(H,17,19)/t11?,13-/m0/s1. The average Bonchev–Trinajstić information content (AvgIpc) is 2.36. The molecule has 0 fully saturated rings. The molecule has 1 amide bonds. The maximum Gasteiger partial charge on any atom is 0.261 e. The largest absolute Gasteiger partial charge is 0.481 e. The number of hydrogen-bond donors (Lipinski definition) is 2. The summed E-state index contributed by atoms with van der Waals surface area (Å²) in [4.78, 5) is 12.0. The number of para-hydroxylation sites is 1. The highest BCUT2D eigenvalue weighted by Gasteiger charge is 2.22. The van der Waals surface area contributed by atoms with E-state index in [2.05, 4.69) is 5.32 Å². The molecule has 0 bridgehead atoms. The number of aliphatic hydroxyl groups is 1. The maximum atomic E-state index is 12.0. The van der Waals surface area contributed by atoms with Crippen molar-refractivity contribution in [3.05, 3.63) is 29.8 Å². The van der Waals surface area contributed by atoms with Gasteiger partial charge in [0.25, 0.3) is 5.91 Å². The van der Waals surface area contributed by atoms with Gasteiger partial charge < -0.3 is 15.2 Å². The second kappa shape index (κ2) is 6.75. The molecule has 112 valence electrons. The van der Waals surface area contributed by atoms with Crippen LogP contribution in [-0.2, 0) is 4.79 Å². The first kappa shape index (κ1) is 16.5. The smallest absolute Gasteiger partial charge is 0.261 e. The fourth-order valence-electron chi connectivity index (χ4n) is 1.80. The van der Waals surface area contributed by atoms with Gasteiger partial charge in [0.05, 0.1) is 6.10 Å². The lowest BCUT2D eigenvalue weighted by Crippen LogP contribution is -2.46. The van der Waals surface area contributed by atoms with Gasteiger partial charge in [0.2, 0.25) is 0 Å². The minimum Gasteiger partial charge on any atom is -0.481 e. The van der Waals surface area contributed by atoms with Gasteiger partial charge in [-0.1, -0.05) is 25.1 Å². The number of carbonyl (C=O) groups excluding carboxylic acids is 1. The van der Waals surface area contributed by atoms with Gasteiger partial charge in [-0.15, -0.1) is 0 Å². The monoisotopic (exact) mass is 279 g/mol. The molecule has 2 atom stereocenters. The second-order valence-corrected chi connectivity index (χ2v) is 5.96. The Balaban J connectivity index is 2.80. The normalized spacial score (nSPS) is 14.5. The Morgan fingerprint density at radius 1 is 1.35 bits per heavy atom. The average molecular weight is 279 g/mol. The molecule has 1 aromatic carbocycles. The summed E-state index contributed by atoms with van der Waals surface area (Å²) in [6, 6.07) is 7.27. The van der Waals surface area contributed by atoms with E-state index in [-0.39, 0.29) is 11.4 Å². The summed E-state index contributed by atoms with van der Waals surface area (Å²) in [6.45, 7) is 9.37. The molecule has 0 saturated carbocycles. The predicted molar refractivity (Wildman–Crippen MR) is 79.7 cm³/mol. The van der Waals surface area contributed by atoms with E-state index in [4.69, 9.17) is 4.74 Å². The van der Waals surface area contributed by atoms with Crippen molar-refractivity contribution in [1.29, 1.82) is 0 Å². The van der Waals surface area contributed by atoms with E-state index in [1.165, 1.54) is 0 Å². The third-order valence-electron chi connectivity index (χ3n) is 2.84. The van der Waals surface area contributed by atoms with Gasteiger partial charge in [0.1, 0.15) is 5.75 Å². The lowest BCUT2D eigenvalue weighted by molar-refractivity contribution is -0.128. The van der Waals surface area contributed by atoms with Crippen molar-refractivity contribution in [2.24, 2.45) is 0 Å². The van der Waals surface area contributed by atoms with Gasteiger partial charge in [0, 0.05) is 11.1 Å². The number of benzene rings is 1. The van der Waals surface area contributed by atoms with E-state index in [0.29, 0.717) is 17.7 Å². The number of rotatable bonds is 5. The molecule has 1 rings (SSSR count). The molecule has 0 spiro atoms. The van der Waals surface area contributed by atoms with Gasteiger partial charge >= 0.3 is 0 Å². The third-order valence-corrected chi connectivity index (χ3v) is 2.84. The van der Waals surface area contributed by atoms with Gasteiger partial charge in [-0.05, 0) is 40.2 Å². The van der Waals surface area contributed by atoms with Crippen LogP contribution >= 0.6 is 0 Å². The highest BCUT2D eigenvalue weighted by atomic mass is 16.5. The van der Waals surface area contributed by atoms with Crippen molar-refractivity contribution >= 4 is 5.91 Å². The molecule has 2 N–H and O–H groups in total. The van der Waals surface area contributed by atoms with Gasteiger partial charge in [-0.2, -0.15) is 0 Å². The van der Waals surface area contributed by atoms with Crippen molar-refractivity contribution < 1.29 is 14.6 Å². The fourth-order valence-corrected chi connectivity index (χ4v) is 1.80. The second-order valence-electron chi connectivity index (χ2n) is 5.96. The molecule has 0 radical (unpaired) electrons. The van der Waals surface area contributed by atoms with E-state index in [9.17, 15) is 9.90 Å². The molecule has 20 heavy (non-hydrogen) atoms. The van der Waals surface area contributed by atoms with Gasteiger partial charge in [-0.25, -0.2) is 0 Å². The molecule has 0 heterocycles. The molecular weight excluding hydrogens is 254 g/mol. The molecular formula is C16H25NO3. The van der Waals surface area contributed by atoms with Crippen LogP contribution in [0.2, 0.25) is 0 Å². The zero-order valence-corrected chi connectivity index (χ0v) is 12.9. The molecule has 1 aromatic rings. The zero-order valence-electron chi connectivity index (χ0n) is 12.9. The summed E-state index contributed by atoms with van der Waals surface area (Å²) in [5.41, 5.74) is 0.419. The molecule has 0 aliphatic heterocycles.